The van der Waals surface area contributed by atoms with Crippen molar-refractivity contribution in [2.24, 2.45) is 0 Å². The molecule has 25 heavy (non-hydrogen) atoms. The number of nitrogens with one attached hydrogen (secondary N) is 3. The SMILES string of the molecule is Cc1[nH]c(=S)[nH]c(=O)c1CCC(=O)N[C@H](C)c1cc(F)c(Cl)cc1Cl. The van der Waals surface area contributed by atoms with E-state index >= 15 is 0 Å². The molecule has 1 heterocycles. The monoisotopic (exact) mass is 403 g/mol. The fourth-order valence-electron chi connectivity index (χ4n) is 2.43. The van der Waals surface area contributed by atoms with Gasteiger partial charge in [-0.05, 0) is 50.2 Å². The number of carbonyl (C=O) groups is 1. The maximum atomic E-state index is 13.6. The zero-order chi connectivity index (χ0) is 18.7. The first-order valence-electron chi connectivity index (χ1n) is 7.45. The lowest BCUT2D eigenvalue weighted by Crippen LogP contribution is -2.28. The van der Waals surface area contributed by atoms with Crippen LogP contribution in [-0.2, 0) is 11.2 Å². The van der Waals surface area contributed by atoms with Crippen LogP contribution in [0.25, 0.3) is 0 Å². The van der Waals surface area contributed by atoms with Crippen LogP contribution in [0.4, 0.5) is 4.39 Å². The van der Waals surface area contributed by atoms with Gasteiger partial charge in [-0.2, -0.15) is 0 Å². The van der Waals surface area contributed by atoms with Gasteiger partial charge in [0.25, 0.3) is 5.56 Å². The van der Waals surface area contributed by atoms with E-state index in [0.29, 0.717) is 16.8 Å². The minimum absolute atomic E-state index is 0.0802. The minimum Gasteiger partial charge on any atom is -0.350 e. The molecule has 0 aliphatic heterocycles. The Morgan fingerprint density at radius 3 is 2.64 bits per heavy atom. The maximum absolute atomic E-state index is 13.6. The highest BCUT2D eigenvalue weighted by Gasteiger charge is 2.16. The van der Waals surface area contributed by atoms with Gasteiger partial charge in [0.2, 0.25) is 5.91 Å². The van der Waals surface area contributed by atoms with Crippen LogP contribution in [0.2, 0.25) is 10.0 Å². The van der Waals surface area contributed by atoms with Gasteiger partial charge >= 0.3 is 0 Å². The molecule has 1 aromatic carbocycles. The van der Waals surface area contributed by atoms with Gasteiger partial charge in [0, 0.05) is 22.7 Å². The van der Waals surface area contributed by atoms with Gasteiger partial charge in [0.15, 0.2) is 4.77 Å². The third-order valence-electron chi connectivity index (χ3n) is 3.74. The van der Waals surface area contributed by atoms with Crippen molar-refractivity contribution in [1.82, 2.24) is 15.3 Å². The van der Waals surface area contributed by atoms with Crippen LogP contribution in [0.15, 0.2) is 16.9 Å². The summed E-state index contributed by atoms with van der Waals surface area (Å²) in [7, 11) is 0. The molecule has 1 amide bonds. The van der Waals surface area contributed by atoms with Gasteiger partial charge < -0.3 is 10.3 Å². The smallest absolute Gasteiger partial charge is 0.255 e. The van der Waals surface area contributed by atoms with E-state index in [2.05, 4.69) is 15.3 Å². The summed E-state index contributed by atoms with van der Waals surface area (Å²) in [6.45, 7) is 3.40. The molecule has 0 aliphatic carbocycles. The number of aromatic nitrogens is 2. The first kappa shape index (κ1) is 19.6. The first-order chi connectivity index (χ1) is 11.7. The Hall–Kier alpha value is -1.70. The third-order valence-corrected chi connectivity index (χ3v) is 4.56. The Labute approximate surface area is 158 Å². The van der Waals surface area contributed by atoms with Crippen LogP contribution in [0.5, 0.6) is 0 Å². The lowest BCUT2D eigenvalue weighted by Gasteiger charge is -2.16. The van der Waals surface area contributed by atoms with E-state index in [1.807, 2.05) is 0 Å². The van der Waals surface area contributed by atoms with Gasteiger partial charge in [0.05, 0.1) is 11.1 Å². The van der Waals surface area contributed by atoms with Crippen molar-refractivity contribution in [3.63, 3.8) is 0 Å². The van der Waals surface area contributed by atoms with Crippen molar-refractivity contribution in [1.29, 1.82) is 0 Å². The molecule has 0 bridgehead atoms. The molecule has 0 aliphatic rings. The fourth-order valence-corrected chi connectivity index (χ4v) is 3.22. The number of aromatic amines is 2. The molecule has 2 aromatic rings. The van der Waals surface area contributed by atoms with Crippen LogP contribution < -0.4 is 10.9 Å². The van der Waals surface area contributed by atoms with Crippen molar-refractivity contribution >= 4 is 41.3 Å². The highest BCUT2D eigenvalue weighted by molar-refractivity contribution is 7.71. The second-order valence-corrected chi connectivity index (χ2v) is 6.81. The molecular formula is C16H16Cl2FN3O2S. The van der Waals surface area contributed by atoms with Gasteiger partial charge in [0.1, 0.15) is 5.82 Å². The van der Waals surface area contributed by atoms with Gasteiger partial charge in [-0.1, -0.05) is 23.2 Å². The van der Waals surface area contributed by atoms with Crippen molar-refractivity contribution in [3.8, 4) is 0 Å². The summed E-state index contributed by atoms with van der Waals surface area (Å²) in [6.07, 6.45) is 0.334. The van der Waals surface area contributed by atoms with Gasteiger partial charge in [-0.15, -0.1) is 0 Å². The fraction of sp³-hybridized carbons (Fsp3) is 0.312. The van der Waals surface area contributed by atoms with E-state index in [1.165, 1.54) is 12.1 Å². The molecule has 3 N–H and O–H groups in total. The van der Waals surface area contributed by atoms with E-state index in [-0.39, 0.29) is 39.1 Å². The standard InChI is InChI=1S/C16H16Cl2FN3O2S/c1-7-9(15(24)22-16(25)21-7)3-4-14(23)20-8(2)10-5-13(19)12(18)6-11(10)17/h5-6,8H,3-4H2,1-2H3,(H,20,23)(H2,21,22,24,25)/t8-/m1/s1. The molecule has 1 atom stereocenters. The minimum atomic E-state index is -0.608. The summed E-state index contributed by atoms with van der Waals surface area (Å²) in [6, 6.07) is 1.99. The summed E-state index contributed by atoms with van der Waals surface area (Å²) < 4.78 is 13.8. The molecule has 0 spiro atoms. The molecule has 0 saturated heterocycles. The number of H-pyrrole nitrogens is 2. The Bertz CT molecular complexity index is 927. The lowest BCUT2D eigenvalue weighted by atomic mass is 10.1. The molecule has 1 aromatic heterocycles. The van der Waals surface area contributed by atoms with E-state index in [4.69, 9.17) is 35.4 Å². The number of rotatable bonds is 5. The highest BCUT2D eigenvalue weighted by Crippen LogP contribution is 2.28. The highest BCUT2D eigenvalue weighted by atomic mass is 35.5. The first-order valence-corrected chi connectivity index (χ1v) is 8.61. The zero-order valence-corrected chi connectivity index (χ0v) is 15.8. The number of hydrogen-bond donors (Lipinski definition) is 3. The van der Waals surface area contributed by atoms with Crippen LogP contribution in [-0.4, -0.2) is 15.9 Å². The van der Waals surface area contributed by atoms with Crippen molar-refractivity contribution < 1.29 is 9.18 Å². The quantitative estimate of drug-likeness (QED) is 0.521. The number of amides is 1. The lowest BCUT2D eigenvalue weighted by molar-refractivity contribution is -0.121. The molecule has 0 saturated carbocycles. The second kappa shape index (κ2) is 8.12. The van der Waals surface area contributed by atoms with Crippen LogP contribution >= 0.6 is 35.4 Å². The van der Waals surface area contributed by atoms with Crippen molar-refractivity contribution in [3.05, 3.63) is 59.9 Å². The summed E-state index contributed by atoms with van der Waals surface area (Å²) in [5, 5.41) is 2.91. The van der Waals surface area contributed by atoms with Crippen molar-refractivity contribution in [2.75, 3.05) is 0 Å². The molecule has 134 valence electrons. The molecule has 5 nitrogen and oxygen atoms in total. The zero-order valence-electron chi connectivity index (χ0n) is 13.5. The average Bonchev–Trinajstić information content (AvgIpc) is 2.49. The Morgan fingerprint density at radius 2 is 2.00 bits per heavy atom. The normalized spacial score (nSPS) is 12.0. The van der Waals surface area contributed by atoms with Gasteiger partial charge in [-0.25, -0.2) is 4.39 Å². The molecule has 9 heteroatoms. The summed E-state index contributed by atoms with van der Waals surface area (Å²) >= 11 is 16.6. The molecule has 0 fully saturated rings. The van der Waals surface area contributed by atoms with Crippen LogP contribution in [0, 0.1) is 17.5 Å². The Kier molecular flexibility index (Phi) is 6.37. The number of benzene rings is 1. The topological polar surface area (TPSA) is 77.8 Å². The van der Waals surface area contributed by atoms with Gasteiger partial charge in [-0.3, -0.25) is 14.6 Å². The van der Waals surface area contributed by atoms with Crippen LogP contribution in [0.3, 0.4) is 0 Å². The van der Waals surface area contributed by atoms with Crippen LogP contribution in [0.1, 0.15) is 36.2 Å². The summed E-state index contributed by atoms with van der Waals surface area (Å²) in [5.41, 5.74) is 1.20. The van der Waals surface area contributed by atoms with Crippen molar-refractivity contribution in [2.45, 2.75) is 32.7 Å². The number of halogens is 3. The average molecular weight is 404 g/mol. The predicted octanol–water partition coefficient (Wildman–Crippen LogP) is 4.00. The van der Waals surface area contributed by atoms with E-state index in [0.717, 1.165) is 0 Å². The van der Waals surface area contributed by atoms with E-state index in [9.17, 15) is 14.0 Å². The number of aryl methyl sites for hydroxylation is 1. The summed E-state index contributed by atoms with van der Waals surface area (Å²) in [5.74, 6) is -0.899. The second-order valence-electron chi connectivity index (χ2n) is 5.59. The molecular weight excluding hydrogens is 388 g/mol. The van der Waals surface area contributed by atoms with E-state index in [1.54, 1.807) is 13.8 Å². The third kappa shape index (κ3) is 4.90. The molecule has 0 radical (unpaired) electrons. The Balaban J connectivity index is 2.05. The maximum Gasteiger partial charge on any atom is 0.255 e. The summed E-state index contributed by atoms with van der Waals surface area (Å²) in [4.78, 5) is 29.4. The van der Waals surface area contributed by atoms with E-state index < -0.39 is 11.9 Å². The molecule has 2 rings (SSSR count). The largest absolute Gasteiger partial charge is 0.350 e. The molecule has 0 unspecified atom stereocenters. The Morgan fingerprint density at radius 1 is 1.32 bits per heavy atom. The number of carbonyl (C=O) groups excluding carboxylic acids is 1. The predicted molar refractivity (Wildman–Crippen MR) is 98.3 cm³/mol. The number of hydrogen-bond acceptors (Lipinski definition) is 3.